The third kappa shape index (κ3) is 3.21. The summed E-state index contributed by atoms with van der Waals surface area (Å²) in [4.78, 5) is 14.4. The van der Waals surface area contributed by atoms with Crippen LogP contribution >= 0.6 is 0 Å². The number of nitrogens with zero attached hydrogens (tertiary/aromatic N) is 1. The molecule has 0 fully saturated rings. The molecule has 0 amide bonds. The van der Waals surface area contributed by atoms with Crippen LogP contribution in [0.2, 0.25) is 0 Å². The van der Waals surface area contributed by atoms with Crippen molar-refractivity contribution < 1.29 is 9.90 Å². The molecule has 13 heavy (non-hydrogen) atoms. The van der Waals surface area contributed by atoms with Crippen molar-refractivity contribution in [3.63, 3.8) is 0 Å². The van der Waals surface area contributed by atoms with Gasteiger partial charge in [-0.05, 0) is 18.6 Å². The van der Waals surface area contributed by atoms with Gasteiger partial charge in [-0.25, -0.2) is 0 Å². The molecule has 2 N–H and O–H groups in total. The maximum absolute atomic E-state index is 10.4. The molecular weight excluding hydrogens is 168 g/mol. The van der Waals surface area contributed by atoms with Gasteiger partial charge < -0.3 is 10.4 Å². The highest BCUT2D eigenvalue weighted by Gasteiger charge is 2.08. The minimum atomic E-state index is -0.844. The Morgan fingerprint density at radius 3 is 3.08 bits per heavy atom. The van der Waals surface area contributed by atoms with Crippen molar-refractivity contribution in [3.05, 3.63) is 30.1 Å². The molecule has 0 radical (unpaired) electrons. The summed E-state index contributed by atoms with van der Waals surface area (Å²) in [6.07, 6.45) is 3.39. The first-order valence-corrected chi connectivity index (χ1v) is 4.05. The molecule has 0 saturated carbocycles. The molecule has 1 rings (SSSR count). The molecule has 1 aromatic rings. The molecule has 4 heteroatoms. The number of carboxylic acid groups (broad SMARTS) is 1. The van der Waals surface area contributed by atoms with E-state index >= 15 is 0 Å². The first-order valence-electron chi connectivity index (χ1n) is 4.05. The number of carbonyl (C=O) groups is 1. The molecule has 1 unspecified atom stereocenters. The smallest absolute Gasteiger partial charge is 0.320 e. The van der Waals surface area contributed by atoms with Crippen molar-refractivity contribution in [2.24, 2.45) is 0 Å². The van der Waals surface area contributed by atoms with E-state index in [1.54, 1.807) is 19.3 Å². The van der Waals surface area contributed by atoms with Crippen LogP contribution in [-0.4, -0.2) is 22.1 Å². The van der Waals surface area contributed by atoms with Gasteiger partial charge in [0.1, 0.15) is 6.04 Å². The first kappa shape index (κ1) is 9.67. The van der Waals surface area contributed by atoms with Crippen LogP contribution in [-0.2, 0) is 11.3 Å². The summed E-state index contributed by atoms with van der Waals surface area (Å²) >= 11 is 0. The van der Waals surface area contributed by atoms with Crippen molar-refractivity contribution in [2.45, 2.75) is 19.5 Å². The summed E-state index contributed by atoms with van der Waals surface area (Å²) in [5, 5.41) is 11.4. The Morgan fingerprint density at radius 1 is 1.77 bits per heavy atom. The maximum atomic E-state index is 10.4. The topological polar surface area (TPSA) is 62.2 Å². The molecule has 0 aromatic carbocycles. The third-order valence-electron chi connectivity index (χ3n) is 1.71. The summed E-state index contributed by atoms with van der Waals surface area (Å²) in [7, 11) is 0. The predicted octanol–water partition coefficient (Wildman–Crippen LogP) is 0.644. The van der Waals surface area contributed by atoms with Crippen molar-refractivity contribution in [1.29, 1.82) is 0 Å². The van der Waals surface area contributed by atoms with E-state index in [4.69, 9.17) is 5.11 Å². The van der Waals surface area contributed by atoms with Crippen molar-refractivity contribution in [1.82, 2.24) is 10.3 Å². The summed E-state index contributed by atoms with van der Waals surface area (Å²) < 4.78 is 0. The lowest BCUT2D eigenvalue weighted by Gasteiger charge is -2.07. The zero-order chi connectivity index (χ0) is 9.68. The van der Waals surface area contributed by atoms with E-state index in [2.05, 4.69) is 10.3 Å². The van der Waals surface area contributed by atoms with Gasteiger partial charge in [0.15, 0.2) is 0 Å². The first-order chi connectivity index (χ1) is 6.20. The van der Waals surface area contributed by atoms with Gasteiger partial charge in [0.2, 0.25) is 0 Å². The Labute approximate surface area is 76.6 Å². The Hall–Kier alpha value is -1.42. The molecule has 0 saturated heterocycles. The predicted molar refractivity (Wildman–Crippen MR) is 48.2 cm³/mol. The van der Waals surface area contributed by atoms with Crippen LogP contribution in [0.5, 0.6) is 0 Å². The van der Waals surface area contributed by atoms with Crippen LogP contribution in [0.1, 0.15) is 12.5 Å². The second-order valence-corrected chi connectivity index (χ2v) is 2.80. The molecule has 0 bridgehead atoms. The Kier molecular flexibility index (Phi) is 3.40. The van der Waals surface area contributed by atoms with Gasteiger partial charge in [-0.1, -0.05) is 6.07 Å². The molecule has 1 aromatic heterocycles. The third-order valence-corrected chi connectivity index (χ3v) is 1.71. The van der Waals surface area contributed by atoms with E-state index in [1.807, 2.05) is 12.1 Å². The zero-order valence-electron chi connectivity index (χ0n) is 7.40. The van der Waals surface area contributed by atoms with E-state index < -0.39 is 12.0 Å². The van der Waals surface area contributed by atoms with Crippen molar-refractivity contribution in [2.75, 3.05) is 0 Å². The minimum absolute atomic E-state index is 0.528. The van der Waals surface area contributed by atoms with Crippen molar-refractivity contribution >= 4 is 5.97 Å². The average Bonchev–Trinajstić information content (AvgIpc) is 2.15. The van der Waals surface area contributed by atoms with Crippen LogP contribution in [0.4, 0.5) is 0 Å². The van der Waals surface area contributed by atoms with E-state index in [0.717, 1.165) is 5.56 Å². The highest BCUT2D eigenvalue weighted by atomic mass is 16.4. The second kappa shape index (κ2) is 4.57. The fourth-order valence-electron chi connectivity index (χ4n) is 0.861. The molecule has 0 aliphatic heterocycles. The largest absolute Gasteiger partial charge is 0.480 e. The van der Waals surface area contributed by atoms with Gasteiger partial charge in [-0.2, -0.15) is 0 Å². The normalized spacial score (nSPS) is 12.4. The molecule has 1 atom stereocenters. The number of carboxylic acids is 1. The fourth-order valence-corrected chi connectivity index (χ4v) is 0.861. The molecule has 1 heterocycles. The lowest BCUT2D eigenvalue weighted by molar-refractivity contribution is -0.139. The monoisotopic (exact) mass is 180 g/mol. The number of rotatable bonds is 4. The van der Waals surface area contributed by atoms with E-state index in [1.165, 1.54) is 0 Å². The van der Waals surface area contributed by atoms with Crippen molar-refractivity contribution in [3.8, 4) is 0 Å². The summed E-state index contributed by atoms with van der Waals surface area (Å²) in [6, 6.07) is 3.19. The highest BCUT2D eigenvalue weighted by molar-refractivity contribution is 5.72. The Balaban J connectivity index is 2.39. The Bertz CT molecular complexity index is 274. The van der Waals surface area contributed by atoms with Gasteiger partial charge in [0.25, 0.3) is 0 Å². The lowest BCUT2D eigenvalue weighted by Crippen LogP contribution is -2.33. The highest BCUT2D eigenvalue weighted by Crippen LogP contribution is 1.95. The minimum Gasteiger partial charge on any atom is -0.480 e. The van der Waals surface area contributed by atoms with Crippen LogP contribution in [0.15, 0.2) is 24.5 Å². The number of aliphatic carboxylic acids is 1. The Morgan fingerprint density at radius 2 is 2.54 bits per heavy atom. The summed E-state index contributed by atoms with van der Waals surface area (Å²) in [6.45, 7) is 2.14. The van der Waals surface area contributed by atoms with Gasteiger partial charge in [0, 0.05) is 18.9 Å². The maximum Gasteiger partial charge on any atom is 0.320 e. The second-order valence-electron chi connectivity index (χ2n) is 2.80. The van der Waals surface area contributed by atoms with Crippen LogP contribution in [0, 0.1) is 0 Å². The molecular formula is C9H12N2O2. The van der Waals surface area contributed by atoms with Gasteiger partial charge in [-0.15, -0.1) is 0 Å². The SMILES string of the molecule is CC(NCc1cccnc1)C(=O)O. The molecule has 0 spiro atoms. The van der Waals surface area contributed by atoms with E-state index in [-0.39, 0.29) is 0 Å². The summed E-state index contributed by atoms with van der Waals surface area (Å²) in [5.74, 6) is -0.844. The molecule has 0 aliphatic rings. The van der Waals surface area contributed by atoms with Crippen LogP contribution in [0.3, 0.4) is 0 Å². The lowest BCUT2D eigenvalue weighted by atomic mass is 10.2. The number of hydrogen-bond donors (Lipinski definition) is 2. The van der Waals surface area contributed by atoms with Crippen LogP contribution < -0.4 is 5.32 Å². The van der Waals surface area contributed by atoms with Gasteiger partial charge in [0.05, 0.1) is 0 Å². The van der Waals surface area contributed by atoms with Gasteiger partial charge >= 0.3 is 5.97 Å². The fraction of sp³-hybridized carbons (Fsp3) is 0.333. The molecule has 0 aliphatic carbocycles. The summed E-state index contributed by atoms with van der Waals surface area (Å²) in [5.41, 5.74) is 0.982. The van der Waals surface area contributed by atoms with E-state index in [9.17, 15) is 4.79 Å². The quantitative estimate of drug-likeness (QED) is 0.714. The zero-order valence-corrected chi connectivity index (χ0v) is 7.40. The number of pyridine rings is 1. The molecule has 70 valence electrons. The van der Waals surface area contributed by atoms with Crippen LogP contribution in [0.25, 0.3) is 0 Å². The number of hydrogen-bond acceptors (Lipinski definition) is 3. The van der Waals surface area contributed by atoms with E-state index in [0.29, 0.717) is 6.54 Å². The van der Waals surface area contributed by atoms with Gasteiger partial charge in [-0.3, -0.25) is 9.78 Å². The standard InChI is InChI=1S/C9H12N2O2/c1-7(9(12)13)11-6-8-3-2-4-10-5-8/h2-5,7,11H,6H2,1H3,(H,12,13). The molecule has 4 nitrogen and oxygen atoms in total. The number of nitrogens with one attached hydrogen (secondary N) is 1. The average molecular weight is 180 g/mol. The number of aromatic nitrogens is 1.